The van der Waals surface area contributed by atoms with Crippen molar-refractivity contribution in [1.29, 1.82) is 0 Å². The van der Waals surface area contributed by atoms with Gasteiger partial charge in [0.1, 0.15) is 11.4 Å². The van der Waals surface area contributed by atoms with E-state index in [9.17, 15) is 14.4 Å². The molecule has 0 atom stereocenters. The van der Waals surface area contributed by atoms with Crippen molar-refractivity contribution in [2.24, 2.45) is 0 Å². The zero-order chi connectivity index (χ0) is 19.2. The van der Waals surface area contributed by atoms with Gasteiger partial charge in [-0.3, -0.25) is 19.4 Å². The standard InChI is InChI=1S/C19H21N5O3/c1-14(25)23-9-11-24(12-10-23)19(27)17-4-2-3-16(22-17)18(26)21-13-15-5-7-20-8-6-15/h2-8H,9-13H2,1H3,(H,21,26). The van der Waals surface area contributed by atoms with Crippen LogP contribution in [-0.4, -0.2) is 63.7 Å². The fraction of sp³-hybridized carbons (Fsp3) is 0.316. The fourth-order valence-corrected chi connectivity index (χ4v) is 2.84. The Morgan fingerprint density at radius 2 is 1.59 bits per heavy atom. The number of pyridine rings is 2. The first-order valence-corrected chi connectivity index (χ1v) is 8.73. The minimum absolute atomic E-state index is 0.00749. The lowest BCUT2D eigenvalue weighted by atomic mass is 10.2. The Kier molecular flexibility index (Phi) is 5.75. The Labute approximate surface area is 157 Å². The Balaban J connectivity index is 1.62. The van der Waals surface area contributed by atoms with Crippen LogP contribution in [0, 0.1) is 0 Å². The maximum Gasteiger partial charge on any atom is 0.272 e. The molecule has 0 spiro atoms. The van der Waals surface area contributed by atoms with Gasteiger partial charge in [0, 0.05) is 52.0 Å². The molecule has 0 aliphatic carbocycles. The summed E-state index contributed by atoms with van der Waals surface area (Å²) in [6.07, 6.45) is 3.32. The van der Waals surface area contributed by atoms with Gasteiger partial charge in [-0.15, -0.1) is 0 Å². The number of carbonyl (C=O) groups excluding carboxylic acids is 3. The number of amides is 3. The largest absolute Gasteiger partial charge is 0.347 e. The zero-order valence-electron chi connectivity index (χ0n) is 15.1. The van der Waals surface area contributed by atoms with Crippen molar-refractivity contribution in [1.82, 2.24) is 25.1 Å². The molecule has 3 amide bonds. The van der Waals surface area contributed by atoms with Crippen molar-refractivity contribution in [3.8, 4) is 0 Å². The molecule has 2 aromatic heterocycles. The van der Waals surface area contributed by atoms with Gasteiger partial charge in [0.15, 0.2) is 0 Å². The van der Waals surface area contributed by atoms with E-state index in [2.05, 4.69) is 15.3 Å². The number of hydrogen-bond donors (Lipinski definition) is 1. The van der Waals surface area contributed by atoms with E-state index in [1.165, 1.54) is 6.92 Å². The number of aromatic nitrogens is 2. The van der Waals surface area contributed by atoms with Crippen LogP contribution in [0.2, 0.25) is 0 Å². The Morgan fingerprint density at radius 3 is 2.26 bits per heavy atom. The molecule has 1 fully saturated rings. The fourth-order valence-electron chi connectivity index (χ4n) is 2.84. The van der Waals surface area contributed by atoms with Crippen molar-refractivity contribution in [3.63, 3.8) is 0 Å². The average Bonchev–Trinajstić information content (AvgIpc) is 2.72. The van der Waals surface area contributed by atoms with Crippen LogP contribution in [-0.2, 0) is 11.3 Å². The SMILES string of the molecule is CC(=O)N1CCN(C(=O)c2cccc(C(=O)NCc3ccncc3)n2)CC1. The molecule has 1 aliphatic heterocycles. The molecule has 1 saturated heterocycles. The van der Waals surface area contributed by atoms with E-state index >= 15 is 0 Å². The average molecular weight is 367 g/mol. The van der Waals surface area contributed by atoms with Crippen LogP contribution in [0.15, 0.2) is 42.7 Å². The van der Waals surface area contributed by atoms with Crippen LogP contribution < -0.4 is 5.32 Å². The van der Waals surface area contributed by atoms with E-state index in [-0.39, 0.29) is 29.1 Å². The van der Waals surface area contributed by atoms with Crippen LogP contribution in [0.25, 0.3) is 0 Å². The van der Waals surface area contributed by atoms with E-state index in [4.69, 9.17) is 0 Å². The molecule has 27 heavy (non-hydrogen) atoms. The third kappa shape index (κ3) is 4.66. The van der Waals surface area contributed by atoms with Gasteiger partial charge >= 0.3 is 0 Å². The first-order chi connectivity index (χ1) is 13.0. The maximum absolute atomic E-state index is 12.7. The van der Waals surface area contributed by atoms with Crippen molar-refractivity contribution < 1.29 is 14.4 Å². The molecule has 3 heterocycles. The van der Waals surface area contributed by atoms with E-state index < -0.39 is 0 Å². The number of hydrogen-bond acceptors (Lipinski definition) is 5. The molecular formula is C19H21N5O3. The van der Waals surface area contributed by atoms with E-state index in [1.807, 2.05) is 12.1 Å². The summed E-state index contributed by atoms with van der Waals surface area (Å²) in [6, 6.07) is 8.45. The van der Waals surface area contributed by atoms with Gasteiger partial charge in [-0.25, -0.2) is 4.98 Å². The van der Waals surface area contributed by atoms with Crippen molar-refractivity contribution in [2.45, 2.75) is 13.5 Å². The molecule has 8 heteroatoms. The molecule has 8 nitrogen and oxygen atoms in total. The lowest BCUT2D eigenvalue weighted by Crippen LogP contribution is -2.50. The minimum Gasteiger partial charge on any atom is -0.347 e. The normalized spacial score (nSPS) is 14.0. The van der Waals surface area contributed by atoms with Crippen molar-refractivity contribution in [2.75, 3.05) is 26.2 Å². The van der Waals surface area contributed by atoms with Crippen LogP contribution in [0.5, 0.6) is 0 Å². The second-order valence-electron chi connectivity index (χ2n) is 6.24. The molecule has 0 aromatic carbocycles. The van der Waals surface area contributed by atoms with E-state index in [0.29, 0.717) is 32.7 Å². The third-order valence-corrected chi connectivity index (χ3v) is 4.42. The Hall–Kier alpha value is -3.29. The highest BCUT2D eigenvalue weighted by Gasteiger charge is 2.24. The molecule has 0 saturated carbocycles. The molecule has 0 radical (unpaired) electrons. The van der Waals surface area contributed by atoms with Gasteiger partial charge in [-0.1, -0.05) is 6.07 Å². The third-order valence-electron chi connectivity index (χ3n) is 4.42. The van der Waals surface area contributed by atoms with Gasteiger partial charge in [0.2, 0.25) is 5.91 Å². The topological polar surface area (TPSA) is 95.5 Å². The quantitative estimate of drug-likeness (QED) is 0.859. The van der Waals surface area contributed by atoms with Crippen LogP contribution in [0.4, 0.5) is 0 Å². The molecule has 2 aromatic rings. The van der Waals surface area contributed by atoms with E-state index in [0.717, 1.165) is 5.56 Å². The number of carbonyl (C=O) groups is 3. The summed E-state index contributed by atoms with van der Waals surface area (Å²) >= 11 is 0. The number of nitrogens with one attached hydrogen (secondary N) is 1. The first kappa shape index (κ1) is 18.5. The number of nitrogens with zero attached hydrogens (tertiary/aromatic N) is 4. The number of piperazine rings is 1. The molecule has 140 valence electrons. The van der Waals surface area contributed by atoms with Gasteiger partial charge in [-0.2, -0.15) is 0 Å². The van der Waals surface area contributed by atoms with Gasteiger partial charge in [0.05, 0.1) is 0 Å². The molecule has 0 unspecified atom stereocenters. The summed E-state index contributed by atoms with van der Waals surface area (Å²) < 4.78 is 0. The highest BCUT2D eigenvalue weighted by molar-refractivity contribution is 5.96. The summed E-state index contributed by atoms with van der Waals surface area (Å²) in [6.45, 7) is 3.80. The van der Waals surface area contributed by atoms with Gasteiger partial charge < -0.3 is 15.1 Å². The summed E-state index contributed by atoms with van der Waals surface area (Å²) in [4.78, 5) is 47.9. The Morgan fingerprint density at radius 1 is 0.963 bits per heavy atom. The summed E-state index contributed by atoms with van der Waals surface area (Å²) in [5.41, 5.74) is 1.34. The lowest BCUT2D eigenvalue weighted by Gasteiger charge is -2.34. The van der Waals surface area contributed by atoms with E-state index in [1.54, 1.807) is 40.4 Å². The summed E-state index contributed by atoms with van der Waals surface area (Å²) in [5.74, 6) is -0.571. The van der Waals surface area contributed by atoms with Crippen LogP contribution in [0.3, 0.4) is 0 Å². The second-order valence-corrected chi connectivity index (χ2v) is 6.24. The smallest absolute Gasteiger partial charge is 0.272 e. The first-order valence-electron chi connectivity index (χ1n) is 8.73. The van der Waals surface area contributed by atoms with Gasteiger partial charge in [0.25, 0.3) is 11.8 Å². The summed E-state index contributed by atoms with van der Waals surface area (Å²) in [7, 11) is 0. The lowest BCUT2D eigenvalue weighted by molar-refractivity contribution is -0.130. The highest BCUT2D eigenvalue weighted by atomic mass is 16.2. The molecule has 3 rings (SSSR count). The van der Waals surface area contributed by atoms with Crippen molar-refractivity contribution in [3.05, 3.63) is 59.7 Å². The molecule has 1 aliphatic rings. The molecular weight excluding hydrogens is 346 g/mol. The van der Waals surface area contributed by atoms with Crippen LogP contribution >= 0.6 is 0 Å². The zero-order valence-corrected chi connectivity index (χ0v) is 15.1. The molecule has 0 bridgehead atoms. The molecule has 1 N–H and O–H groups in total. The Bertz CT molecular complexity index is 832. The minimum atomic E-state index is -0.345. The second kappa shape index (κ2) is 8.39. The summed E-state index contributed by atoms with van der Waals surface area (Å²) in [5, 5.41) is 2.78. The predicted octanol–water partition coefficient (Wildman–Crippen LogP) is 0.711. The van der Waals surface area contributed by atoms with Crippen LogP contribution in [0.1, 0.15) is 33.5 Å². The highest BCUT2D eigenvalue weighted by Crippen LogP contribution is 2.09. The number of rotatable bonds is 4. The van der Waals surface area contributed by atoms with Gasteiger partial charge in [-0.05, 0) is 29.8 Å². The van der Waals surface area contributed by atoms with Crippen molar-refractivity contribution >= 4 is 17.7 Å². The predicted molar refractivity (Wildman–Crippen MR) is 97.8 cm³/mol. The maximum atomic E-state index is 12.7. The monoisotopic (exact) mass is 367 g/mol.